The van der Waals surface area contributed by atoms with Gasteiger partial charge in [0.15, 0.2) is 0 Å². The van der Waals surface area contributed by atoms with Crippen LogP contribution >= 0.6 is 0 Å². The highest BCUT2D eigenvalue weighted by molar-refractivity contribution is 5.81. The first-order valence-electron chi connectivity index (χ1n) is 6.51. The number of pyridine rings is 1. The van der Waals surface area contributed by atoms with E-state index in [0.717, 1.165) is 24.9 Å². The van der Waals surface area contributed by atoms with Gasteiger partial charge in [-0.2, -0.15) is 0 Å². The van der Waals surface area contributed by atoms with Gasteiger partial charge in [0.1, 0.15) is 0 Å². The van der Waals surface area contributed by atoms with Crippen LogP contribution in [-0.4, -0.2) is 17.6 Å². The van der Waals surface area contributed by atoms with Gasteiger partial charge in [-0.05, 0) is 31.4 Å². The molecule has 0 spiro atoms. The Morgan fingerprint density at radius 3 is 2.89 bits per heavy atom. The lowest BCUT2D eigenvalue weighted by atomic mass is 9.82. The molecule has 0 radical (unpaired) electrons. The van der Waals surface area contributed by atoms with Crippen molar-refractivity contribution in [3.05, 3.63) is 42.1 Å². The van der Waals surface area contributed by atoms with E-state index < -0.39 is 0 Å². The topological polar surface area (TPSA) is 48.1 Å². The Bertz CT molecular complexity index is 530. The van der Waals surface area contributed by atoms with Crippen LogP contribution in [0.3, 0.4) is 0 Å². The highest BCUT2D eigenvalue weighted by atomic mass is 16.5. The lowest BCUT2D eigenvalue weighted by Crippen LogP contribution is -2.35. The number of aromatic nitrogens is 1. The molecular formula is C15H18N2O. The van der Waals surface area contributed by atoms with Gasteiger partial charge in [0.2, 0.25) is 0 Å². The summed E-state index contributed by atoms with van der Waals surface area (Å²) >= 11 is 0. The molecule has 1 aliphatic carbocycles. The summed E-state index contributed by atoms with van der Waals surface area (Å²) < 4.78 is 5.91. The zero-order valence-electron chi connectivity index (χ0n) is 10.4. The maximum absolute atomic E-state index is 5.91. The SMILES string of the molecule is NCC1CC(OCc2cccc3cccnc23)C1. The van der Waals surface area contributed by atoms with E-state index in [-0.39, 0.29) is 0 Å². The van der Waals surface area contributed by atoms with Gasteiger partial charge in [0.05, 0.1) is 18.2 Å². The summed E-state index contributed by atoms with van der Waals surface area (Å²) in [5, 5.41) is 1.17. The minimum atomic E-state index is 0.387. The largest absolute Gasteiger partial charge is 0.373 e. The Morgan fingerprint density at radius 2 is 2.06 bits per heavy atom. The van der Waals surface area contributed by atoms with Gasteiger partial charge >= 0.3 is 0 Å². The number of rotatable bonds is 4. The molecule has 18 heavy (non-hydrogen) atoms. The predicted molar refractivity (Wildman–Crippen MR) is 72.1 cm³/mol. The number of nitrogens with zero attached hydrogens (tertiary/aromatic N) is 1. The molecule has 1 saturated carbocycles. The number of hydrogen-bond donors (Lipinski definition) is 1. The van der Waals surface area contributed by atoms with Crippen molar-refractivity contribution >= 4 is 10.9 Å². The van der Waals surface area contributed by atoms with Crippen molar-refractivity contribution in [3.8, 4) is 0 Å². The molecule has 3 rings (SSSR count). The summed E-state index contributed by atoms with van der Waals surface area (Å²) in [6.45, 7) is 1.44. The second-order valence-corrected chi connectivity index (χ2v) is 5.00. The third-order valence-electron chi connectivity index (χ3n) is 3.72. The van der Waals surface area contributed by atoms with E-state index >= 15 is 0 Å². The highest BCUT2D eigenvalue weighted by Crippen LogP contribution is 2.30. The lowest BCUT2D eigenvalue weighted by Gasteiger charge is -2.34. The first-order valence-corrected chi connectivity index (χ1v) is 6.51. The van der Waals surface area contributed by atoms with Gasteiger partial charge in [0.25, 0.3) is 0 Å². The second-order valence-electron chi connectivity index (χ2n) is 5.00. The number of nitrogens with two attached hydrogens (primary N) is 1. The van der Waals surface area contributed by atoms with Crippen molar-refractivity contribution in [1.29, 1.82) is 0 Å². The fraction of sp³-hybridized carbons (Fsp3) is 0.400. The normalized spacial score (nSPS) is 22.9. The molecule has 0 unspecified atom stereocenters. The van der Waals surface area contributed by atoms with Gasteiger partial charge < -0.3 is 10.5 Å². The first-order chi connectivity index (χ1) is 8.86. The molecule has 1 fully saturated rings. The van der Waals surface area contributed by atoms with E-state index in [2.05, 4.69) is 29.2 Å². The maximum Gasteiger partial charge on any atom is 0.0757 e. The van der Waals surface area contributed by atoms with Crippen LogP contribution < -0.4 is 5.73 Å². The second kappa shape index (κ2) is 5.04. The molecule has 0 atom stereocenters. The average Bonchev–Trinajstić information content (AvgIpc) is 2.37. The van der Waals surface area contributed by atoms with Crippen LogP contribution in [0.25, 0.3) is 10.9 Å². The summed E-state index contributed by atoms with van der Waals surface area (Å²) in [6.07, 6.45) is 4.43. The van der Waals surface area contributed by atoms with Gasteiger partial charge in [-0.15, -0.1) is 0 Å². The van der Waals surface area contributed by atoms with Gasteiger partial charge in [0, 0.05) is 17.1 Å². The first kappa shape index (κ1) is 11.6. The molecule has 0 saturated heterocycles. The molecule has 3 nitrogen and oxygen atoms in total. The molecule has 0 aliphatic heterocycles. The van der Waals surface area contributed by atoms with Gasteiger partial charge in [-0.25, -0.2) is 0 Å². The number of benzene rings is 1. The summed E-state index contributed by atoms with van der Waals surface area (Å²) in [7, 11) is 0. The molecule has 3 heteroatoms. The van der Waals surface area contributed by atoms with Crippen LogP contribution in [0.15, 0.2) is 36.5 Å². The van der Waals surface area contributed by atoms with E-state index in [1.165, 1.54) is 10.9 Å². The van der Waals surface area contributed by atoms with Crippen molar-refractivity contribution in [3.63, 3.8) is 0 Å². The van der Waals surface area contributed by atoms with Crippen molar-refractivity contribution in [2.45, 2.75) is 25.6 Å². The van der Waals surface area contributed by atoms with E-state index in [1.807, 2.05) is 12.3 Å². The van der Waals surface area contributed by atoms with Gasteiger partial charge in [-0.3, -0.25) is 4.98 Å². The Balaban J connectivity index is 1.68. The molecule has 0 bridgehead atoms. The van der Waals surface area contributed by atoms with E-state index in [1.54, 1.807) is 0 Å². The van der Waals surface area contributed by atoms with Crippen LogP contribution in [0, 0.1) is 5.92 Å². The third-order valence-corrected chi connectivity index (χ3v) is 3.72. The van der Waals surface area contributed by atoms with E-state index in [9.17, 15) is 0 Å². The summed E-state index contributed by atoms with van der Waals surface area (Å²) in [5.74, 6) is 0.667. The Hall–Kier alpha value is -1.45. The standard InChI is InChI=1S/C15H18N2O/c16-9-11-7-14(8-11)18-10-13-4-1-3-12-5-2-6-17-15(12)13/h1-6,11,14H,7-10,16H2. The molecule has 0 amide bonds. The maximum atomic E-state index is 5.91. The molecule has 1 aromatic carbocycles. The zero-order valence-corrected chi connectivity index (χ0v) is 10.4. The fourth-order valence-electron chi connectivity index (χ4n) is 2.49. The highest BCUT2D eigenvalue weighted by Gasteiger charge is 2.28. The van der Waals surface area contributed by atoms with Crippen molar-refractivity contribution in [2.24, 2.45) is 11.7 Å². The van der Waals surface area contributed by atoms with E-state index in [4.69, 9.17) is 10.5 Å². The number of ether oxygens (including phenoxy) is 1. The fourth-order valence-corrected chi connectivity index (χ4v) is 2.49. The Labute approximate surface area is 107 Å². The minimum absolute atomic E-state index is 0.387. The zero-order chi connectivity index (χ0) is 12.4. The number of fused-ring (bicyclic) bond motifs is 1. The summed E-state index contributed by atoms with van der Waals surface area (Å²) in [4.78, 5) is 4.43. The summed E-state index contributed by atoms with van der Waals surface area (Å²) in [5.41, 5.74) is 7.83. The third kappa shape index (κ3) is 2.24. The molecular weight excluding hydrogens is 224 g/mol. The van der Waals surface area contributed by atoms with Crippen LogP contribution in [0.5, 0.6) is 0 Å². The van der Waals surface area contributed by atoms with Crippen molar-refractivity contribution < 1.29 is 4.74 Å². The monoisotopic (exact) mass is 242 g/mol. The van der Waals surface area contributed by atoms with Crippen LogP contribution in [0.1, 0.15) is 18.4 Å². The molecule has 1 heterocycles. The quantitative estimate of drug-likeness (QED) is 0.896. The molecule has 94 valence electrons. The minimum Gasteiger partial charge on any atom is -0.373 e. The smallest absolute Gasteiger partial charge is 0.0757 e. The summed E-state index contributed by atoms with van der Waals surface area (Å²) in [6, 6.07) is 10.3. The van der Waals surface area contributed by atoms with Gasteiger partial charge in [-0.1, -0.05) is 24.3 Å². The molecule has 2 N–H and O–H groups in total. The van der Waals surface area contributed by atoms with Crippen LogP contribution in [0.4, 0.5) is 0 Å². The van der Waals surface area contributed by atoms with E-state index in [0.29, 0.717) is 18.6 Å². The average molecular weight is 242 g/mol. The number of hydrogen-bond acceptors (Lipinski definition) is 3. The van der Waals surface area contributed by atoms with Crippen molar-refractivity contribution in [2.75, 3.05) is 6.54 Å². The Morgan fingerprint density at radius 1 is 1.22 bits per heavy atom. The molecule has 1 aromatic heterocycles. The number of para-hydroxylation sites is 1. The molecule has 2 aromatic rings. The predicted octanol–water partition coefficient (Wildman–Crippen LogP) is 2.49. The lowest BCUT2D eigenvalue weighted by molar-refractivity contribution is -0.0372. The van der Waals surface area contributed by atoms with Crippen LogP contribution in [0.2, 0.25) is 0 Å². The van der Waals surface area contributed by atoms with Crippen LogP contribution in [-0.2, 0) is 11.3 Å². The molecule has 1 aliphatic rings. The van der Waals surface area contributed by atoms with Crippen molar-refractivity contribution in [1.82, 2.24) is 4.98 Å². The Kier molecular flexibility index (Phi) is 3.26.